The lowest BCUT2D eigenvalue weighted by atomic mass is 9.95. The second-order valence-electron chi connectivity index (χ2n) is 9.83. The van der Waals surface area contributed by atoms with Crippen molar-refractivity contribution in [1.29, 1.82) is 0 Å². The van der Waals surface area contributed by atoms with Crippen LogP contribution in [0.15, 0.2) is 30.3 Å². The van der Waals surface area contributed by atoms with Crippen LogP contribution in [0.3, 0.4) is 0 Å². The molecule has 194 valence electrons. The third kappa shape index (κ3) is 6.05. The van der Waals surface area contributed by atoms with Gasteiger partial charge in [0.2, 0.25) is 15.5 Å². The van der Waals surface area contributed by atoms with E-state index in [0.717, 1.165) is 11.1 Å². The van der Waals surface area contributed by atoms with Crippen LogP contribution in [0, 0.1) is 0 Å². The van der Waals surface area contributed by atoms with Crippen LogP contribution in [0.25, 0.3) is 11.1 Å². The van der Waals surface area contributed by atoms with Gasteiger partial charge in [0.1, 0.15) is 6.10 Å². The van der Waals surface area contributed by atoms with Crippen LogP contribution in [-0.2, 0) is 9.22 Å². The molecule has 0 fully saturated rings. The van der Waals surface area contributed by atoms with E-state index in [1.807, 2.05) is 32.0 Å². The summed E-state index contributed by atoms with van der Waals surface area (Å²) in [6, 6.07) is 9.34. The first-order valence-electron chi connectivity index (χ1n) is 11.9. The second kappa shape index (κ2) is 11.4. The summed E-state index contributed by atoms with van der Waals surface area (Å²) in [7, 11) is 6.46. The molecule has 0 spiro atoms. The summed E-state index contributed by atoms with van der Waals surface area (Å²) in [6.45, 7) is 10.2. The molecule has 0 heterocycles. The van der Waals surface area contributed by atoms with E-state index in [1.54, 1.807) is 40.6 Å². The van der Waals surface area contributed by atoms with Crippen molar-refractivity contribution < 1.29 is 32.9 Å². The summed E-state index contributed by atoms with van der Waals surface area (Å²) in [6.07, 6.45) is -0.170. The summed E-state index contributed by atoms with van der Waals surface area (Å²) in [5, 5.41) is -0.0475. The molecule has 7 nitrogen and oxygen atoms in total. The van der Waals surface area contributed by atoms with Gasteiger partial charge in [0.15, 0.2) is 28.8 Å². The molecule has 3 rings (SSSR count). The molecule has 36 heavy (non-hydrogen) atoms. The predicted octanol–water partition coefficient (Wildman–Crippen LogP) is 5.61. The maximum atomic E-state index is 13.8. The van der Waals surface area contributed by atoms with E-state index >= 15 is 0 Å². The Bertz CT molecular complexity index is 1110. The minimum absolute atomic E-state index is 0.0352. The predicted molar refractivity (Wildman–Crippen MR) is 142 cm³/mol. The molecule has 0 aliphatic heterocycles. The number of ether oxygens (including phenoxy) is 5. The molecular weight excluding hydrogens is 476 g/mol. The number of carbonyl (C=O) groups is 1. The molecule has 2 aromatic carbocycles. The Hall–Kier alpha value is -2.97. The molecule has 1 aliphatic rings. The zero-order valence-corrected chi connectivity index (χ0v) is 23.6. The lowest BCUT2D eigenvalue weighted by Crippen LogP contribution is -2.26. The molecule has 1 unspecified atom stereocenters. The number of hydrogen-bond donors (Lipinski definition) is 0. The van der Waals surface area contributed by atoms with E-state index in [-0.39, 0.29) is 26.7 Å². The van der Waals surface area contributed by atoms with Crippen molar-refractivity contribution in [2.75, 3.05) is 28.4 Å². The average Bonchev–Trinajstić information content (AvgIpc) is 3.16. The summed E-state index contributed by atoms with van der Waals surface area (Å²) in [5.74, 6) is 2.61. The van der Waals surface area contributed by atoms with Crippen molar-refractivity contribution in [3.63, 3.8) is 0 Å². The summed E-state index contributed by atoms with van der Waals surface area (Å²) >= 11 is 0. The van der Waals surface area contributed by atoms with Crippen LogP contribution in [0.5, 0.6) is 28.7 Å². The minimum Gasteiger partial charge on any atom is -0.493 e. The van der Waals surface area contributed by atoms with Gasteiger partial charge in [-0.1, -0.05) is 26.8 Å². The fraction of sp³-hybridized carbons (Fsp3) is 0.464. The topological polar surface area (TPSA) is 72.5 Å². The van der Waals surface area contributed by atoms with Gasteiger partial charge >= 0.3 is 0 Å². The Balaban J connectivity index is 2.19. The minimum atomic E-state index is -0.580. The van der Waals surface area contributed by atoms with Crippen molar-refractivity contribution in [2.45, 2.75) is 58.3 Å². The maximum Gasteiger partial charge on any atom is 0.236 e. The largest absolute Gasteiger partial charge is 0.493 e. The third-order valence-corrected chi connectivity index (χ3v) is 6.58. The first kappa shape index (κ1) is 27.6. The van der Waals surface area contributed by atoms with Crippen LogP contribution >= 0.6 is 0 Å². The highest BCUT2D eigenvalue weighted by Gasteiger charge is 2.37. The number of ketones is 1. The third-order valence-electron chi connectivity index (χ3n) is 5.57. The van der Waals surface area contributed by atoms with Gasteiger partial charge in [0, 0.05) is 12.0 Å². The van der Waals surface area contributed by atoms with Crippen molar-refractivity contribution in [1.82, 2.24) is 0 Å². The molecule has 8 heteroatoms. The Morgan fingerprint density at radius 1 is 0.833 bits per heavy atom. The van der Waals surface area contributed by atoms with Gasteiger partial charge in [-0.25, -0.2) is 0 Å². The molecule has 0 saturated heterocycles. The van der Waals surface area contributed by atoms with Crippen molar-refractivity contribution in [3.05, 3.63) is 41.5 Å². The Morgan fingerprint density at radius 3 is 1.92 bits per heavy atom. The Labute approximate surface area is 216 Å². The number of rotatable bonds is 10. The van der Waals surface area contributed by atoms with Gasteiger partial charge < -0.3 is 28.1 Å². The normalized spacial score (nSPS) is 15.9. The van der Waals surface area contributed by atoms with E-state index in [1.165, 1.54) is 0 Å². The van der Waals surface area contributed by atoms with Crippen LogP contribution in [0.4, 0.5) is 0 Å². The SMILES string of the molecule is COc1ccc(C2=C(c3cc(OC)c(OC)c(OC)c3)C(=O)C(O[Si]C(C)(C)C)C2)cc1OC(C)C. The fourth-order valence-electron chi connectivity index (χ4n) is 4.05. The number of Topliss-reactive ketones (excluding diaryl/α,β-unsaturated/α-hetero) is 1. The van der Waals surface area contributed by atoms with Crippen LogP contribution < -0.4 is 23.7 Å². The lowest BCUT2D eigenvalue weighted by molar-refractivity contribution is -0.119. The quantitative estimate of drug-likeness (QED) is 0.383. The van der Waals surface area contributed by atoms with Gasteiger partial charge in [-0.15, -0.1) is 0 Å². The molecule has 0 amide bonds. The number of benzene rings is 2. The van der Waals surface area contributed by atoms with Gasteiger partial charge in [0.05, 0.1) is 34.5 Å². The fourth-order valence-corrected chi connectivity index (χ4v) is 4.73. The molecule has 2 radical (unpaired) electrons. The molecule has 0 bridgehead atoms. The standard InChI is InChI=1S/C28H36O7Si/c1-16(2)34-21-12-17(10-11-20(21)30-6)19-15-22(35-36-28(3,4)5)26(29)25(19)18-13-23(31-7)27(33-9)24(14-18)32-8/h10-14,16,22H,15H2,1-9H3. The van der Waals surface area contributed by atoms with E-state index in [4.69, 9.17) is 28.1 Å². The molecule has 1 aliphatic carbocycles. The molecule has 0 N–H and O–H groups in total. The number of hydrogen-bond acceptors (Lipinski definition) is 7. The average molecular weight is 513 g/mol. The highest BCUT2D eigenvalue weighted by atomic mass is 28.2. The number of methoxy groups -OCH3 is 4. The lowest BCUT2D eigenvalue weighted by Gasteiger charge is -2.19. The van der Waals surface area contributed by atoms with Gasteiger partial charge in [0.25, 0.3) is 0 Å². The molecule has 1 atom stereocenters. The van der Waals surface area contributed by atoms with E-state index in [2.05, 4.69) is 20.8 Å². The van der Waals surface area contributed by atoms with Crippen LogP contribution in [0.1, 0.15) is 52.2 Å². The van der Waals surface area contributed by atoms with Gasteiger partial charge in [-0.2, -0.15) is 0 Å². The second-order valence-corrected chi connectivity index (χ2v) is 11.8. The molecular formula is C28H36O7Si. The smallest absolute Gasteiger partial charge is 0.236 e. The first-order valence-corrected chi connectivity index (χ1v) is 12.8. The van der Waals surface area contributed by atoms with Crippen LogP contribution in [-0.4, -0.2) is 56.2 Å². The van der Waals surface area contributed by atoms with Crippen molar-refractivity contribution in [3.8, 4) is 28.7 Å². The zero-order valence-electron chi connectivity index (χ0n) is 22.6. The number of carbonyl (C=O) groups excluding carboxylic acids is 1. The van der Waals surface area contributed by atoms with Gasteiger partial charge in [-0.3, -0.25) is 4.79 Å². The molecule has 2 aromatic rings. The van der Waals surface area contributed by atoms with Crippen molar-refractivity contribution in [2.24, 2.45) is 0 Å². The van der Waals surface area contributed by atoms with Crippen LogP contribution in [0.2, 0.25) is 5.04 Å². The molecule has 0 aromatic heterocycles. The highest BCUT2D eigenvalue weighted by molar-refractivity contribution is 6.36. The highest BCUT2D eigenvalue weighted by Crippen LogP contribution is 2.46. The van der Waals surface area contributed by atoms with Gasteiger partial charge in [-0.05, 0) is 59.9 Å². The summed E-state index contributed by atoms with van der Waals surface area (Å²) < 4.78 is 34.3. The first-order chi connectivity index (χ1) is 17.0. The van der Waals surface area contributed by atoms with E-state index in [0.29, 0.717) is 46.3 Å². The summed E-state index contributed by atoms with van der Waals surface area (Å²) in [5.41, 5.74) is 2.98. The zero-order chi connectivity index (χ0) is 26.6. The van der Waals surface area contributed by atoms with Crippen molar-refractivity contribution >= 4 is 26.7 Å². The van der Waals surface area contributed by atoms with E-state index < -0.39 is 6.10 Å². The summed E-state index contributed by atoms with van der Waals surface area (Å²) in [4.78, 5) is 13.8. The Morgan fingerprint density at radius 2 is 1.42 bits per heavy atom. The monoisotopic (exact) mass is 512 g/mol. The molecule has 0 saturated carbocycles. The maximum absolute atomic E-state index is 13.8. The van der Waals surface area contributed by atoms with E-state index in [9.17, 15) is 4.79 Å². The Kier molecular flexibility index (Phi) is 8.74.